The maximum Gasteiger partial charge on any atom is 0.0550 e. The maximum atomic E-state index is 2.61. The summed E-state index contributed by atoms with van der Waals surface area (Å²) in [6, 6.07) is 87.8. The van der Waals surface area contributed by atoms with E-state index in [1.807, 2.05) is 0 Å². The number of nitrogens with zero attached hydrogens (tertiary/aromatic N) is 2. The van der Waals surface area contributed by atoms with E-state index in [0.717, 1.165) is 28.4 Å². The second-order valence-electron chi connectivity index (χ2n) is 25.2. The van der Waals surface area contributed by atoms with Gasteiger partial charge in [0.15, 0.2) is 0 Å². The van der Waals surface area contributed by atoms with E-state index >= 15 is 0 Å². The summed E-state index contributed by atoms with van der Waals surface area (Å²) in [6.45, 7) is 19.3. The van der Waals surface area contributed by atoms with Crippen LogP contribution in [0.2, 0.25) is 0 Å². The minimum atomic E-state index is -0.334. The van der Waals surface area contributed by atoms with Gasteiger partial charge in [-0.3, -0.25) is 0 Å². The molecular weight excluding hydrogens is 965 g/mol. The monoisotopic (exact) mass is 1030 g/mol. The van der Waals surface area contributed by atoms with Gasteiger partial charge in [-0.15, -0.1) is 0 Å². The minimum Gasteiger partial charge on any atom is -0.310 e. The normalized spacial score (nSPS) is 15.7. The van der Waals surface area contributed by atoms with E-state index in [-0.39, 0.29) is 21.7 Å². The van der Waals surface area contributed by atoms with E-state index < -0.39 is 0 Å². The number of hydrogen-bond donors (Lipinski definition) is 0. The van der Waals surface area contributed by atoms with E-state index in [4.69, 9.17) is 0 Å². The fourth-order valence-electron chi connectivity index (χ4n) is 15.5. The van der Waals surface area contributed by atoms with Crippen LogP contribution in [0.5, 0.6) is 0 Å². The topological polar surface area (TPSA) is 6.48 Å². The van der Waals surface area contributed by atoms with Crippen molar-refractivity contribution in [1.82, 2.24) is 0 Å². The van der Waals surface area contributed by atoms with Crippen molar-refractivity contribution in [2.75, 3.05) is 9.80 Å². The van der Waals surface area contributed by atoms with Crippen molar-refractivity contribution < 1.29 is 0 Å². The van der Waals surface area contributed by atoms with Crippen LogP contribution in [-0.4, -0.2) is 0 Å². The van der Waals surface area contributed by atoms with Gasteiger partial charge in [0.25, 0.3) is 0 Å². The van der Waals surface area contributed by atoms with E-state index in [0.29, 0.717) is 0 Å². The molecule has 4 aliphatic rings. The summed E-state index contributed by atoms with van der Waals surface area (Å²) in [5, 5.41) is 7.69. The Labute approximate surface area is 470 Å². The highest BCUT2D eigenvalue weighted by Gasteiger charge is 2.45. The molecule has 0 saturated carbocycles. The summed E-state index contributed by atoms with van der Waals surface area (Å²) in [7, 11) is 0. The lowest BCUT2D eigenvalue weighted by molar-refractivity contribution is 0.639. The summed E-state index contributed by atoms with van der Waals surface area (Å²) in [5.41, 5.74) is 27.8. The van der Waals surface area contributed by atoms with E-state index in [9.17, 15) is 0 Å². The van der Waals surface area contributed by atoms with E-state index in [2.05, 4.69) is 296 Å². The molecule has 0 aliphatic heterocycles. The van der Waals surface area contributed by atoms with Crippen molar-refractivity contribution >= 4 is 66.4 Å². The fraction of sp³-hybridized carbons (Fsp3) is 0.154. The first kappa shape index (κ1) is 47.1. The van der Waals surface area contributed by atoms with Gasteiger partial charge < -0.3 is 9.80 Å². The van der Waals surface area contributed by atoms with Crippen LogP contribution in [0.25, 0.3) is 76.8 Å². The first-order valence-electron chi connectivity index (χ1n) is 28.7. The zero-order chi connectivity index (χ0) is 54.2. The first-order valence-corrected chi connectivity index (χ1v) is 28.7. The maximum absolute atomic E-state index is 2.61. The summed E-state index contributed by atoms with van der Waals surface area (Å²) in [5.74, 6) is 0. The third-order valence-corrected chi connectivity index (χ3v) is 19.6. The Morgan fingerprint density at radius 2 is 0.613 bits per heavy atom. The number of anilines is 6. The molecule has 0 atom stereocenters. The molecular formula is C78H62N2. The third-order valence-electron chi connectivity index (χ3n) is 19.6. The highest BCUT2D eigenvalue weighted by atomic mass is 15.1. The molecule has 80 heavy (non-hydrogen) atoms. The highest BCUT2D eigenvalue weighted by molar-refractivity contribution is 6.33. The van der Waals surface area contributed by atoms with Crippen LogP contribution in [0.3, 0.4) is 0 Å². The zero-order valence-corrected chi connectivity index (χ0v) is 46.8. The van der Waals surface area contributed by atoms with Crippen LogP contribution < -0.4 is 9.80 Å². The van der Waals surface area contributed by atoms with Crippen molar-refractivity contribution in [3.05, 3.63) is 275 Å². The Morgan fingerprint density at radius 1 is 0.225 bits per heavy atom. The molecule has 2 heteroatoms. The van der Waals surface area contributed by atoms with Gasteiger partial charge in [-0.2, -0.15) is 0 Å². The van der Waals surface area contributed by atoms with Crippen LogP contribution >= 0.6 is 0 Å². The van der Waals surface area contributed by atoms with E-state index in [1.165, 1.54) is 127 Å². The van der Waals surface area contributed by atoms with Gasteiger partial charge in [0, 0.05) is 60.9 Å². The Morgan fingerprint density at radius 3 is 1.20 bits per heavy atom. The van der Waals surface area contributed by atoms with Gasteiger partial charge in [0.2, 0.25) is 0 Å². The summed E-state index contributed by atoms with van der Waals surface area (Å²) >= 11 is 0. The second-order valence-corrected chi connectivity index (χ2v) is 25.2. The molecule has 384 valence electrons. The number of rotatable bonds is 6. The van der Waals surface area contributed by atoms with Gasteiger partial charge in [-0.05, 0) is 183 Å². The van der Waals surface area contributed by atoms with Crippen LogP contribution in [0.15, 0.2) is 231 Å². The Kier molecular flexibility index (Phi) is 9.59. The van der Waals surface area contributed by atoms with Gasteiger partial charge in [-0.1, -0.05) is 213 Å². The van der Waals surface area contributed by atoms with Gasteiger partial charge in [0.1, 0.15) is 0 Å². The van der Waals surface area contributed by atoms with Crippen LogP contribution in [0, 0.1) is 0 Å². The van der Waals surface area contributed by atoms with Gasteiger partial charge in [-0.25, -0.2) is 0 Å². The first-order chi connectivity index (χ1) is 38.7. The molecule has 12 aromatic rings. The lowest BCUT2D eigenvalue weighted by atomic mass is 9.77. The summed E-state index contributed by atoms with van der Waals surface area (Å²) in [4.78, 5) is 5.03. The van der Waals surface area contributed by atoms with Gasteiger partial charge >= 0.3 is 0 Å². The number of fused-ring (bicyclic) bond motifs is 19. The average Bonchev–Trinajstić information content (AvgIpc) is 3.32. The lowest BCUT2D eigenvalue weighted by Gasteiger charge is -2.31. The highest BCUT2D eigenvalue weighted by Crippen LogP contribution is 2.62. The molecule has 12 aromatic carbocycles. The lowest BCUT2D eigenvalue weighted by Crippen LogP contribution is -2.20. The Hall–Kier alpha value is -8.98. The molecule has 0 heterocycles. The SMILES string of the molecule is CC1(C)c2ccccc2-c2cc(N(c3ccccc3)c3ccc4c(c3)C(C)(C)c3cc5c(cc3-4)-c3c(cc(N(c4ccccc4)c4ccc6c(c4)-c4ccccc4C6(C)C)c4c6ccccc6c6ccccc6c34)C5(C)C)ccc21. The summed E-state index contributed by atoms with van der Waals surface area (Å²) in [6.07, 6.45) is 0. The zero-order valence-electron chi connectivity index (χ0n) is 46.8. The molecule has 0 amide bonds. The van der Waals surface area contributed by atoms with Gasteiger partial charge in [0.05, 0.1) is 5.69 Å². The van der Waals surface area contributed by atoms with Crippen LogP contribution in [-0.2, 0) is 21.7 Å². The average molecular weight is 1030 g/mol. The number of benzene rings is 12. The van der Waals surface area contributed by atoms with Crippen molar-refractivity contribution in [1.29, 1.82) is 0 Å². The molecule has 16 rings (SSSR count). The number of para-hydroxylation sites is 2. The van der Waals surface area contributed by atoms with Crippen molar-refractivity contribution in [3.63, 3.8) is 0 Å². The largest absolute Gasteiger partial charge is 0.310 e. The summed E-state index contributed by atoms with van der Waals surface area (Å²) < 4.78 is 0. The standard InChI is InChI=1S/C78H62N2/c1-75(2)63-33-21-19-29-54(63)59-41-49(36-39-65(59)75)79(47-23-11-9-12-24-47)51-35-38-56-61-44-62-69(45-68(61)77(5,6)67(56)43-51)78(7,8)70-46-71(73-57-31-17-15-27-52(57)53-28-16-18-32-58(53)74(73)72(62)70)80(48-25-13-10-14-26-48)50-37-40-66-60(42-50)55-30-20-22-34-64(55)76(66,3)4/h9-46H,1-8H3. The predicted molar refractivity (Wildman–Crippen MR) is 339 cm³/mol. The number of hydrogen-bond acceptors (Lipinski definition) is 2. The molecule has 0 bridgehead atoms. The smallest absolute Gasteiger partial charge is 0.0550 e. The molecule has 0 unspecified atom stereocenters. The molecule has 0 radical (unpaired) electrons. The molecule has 0 saturated heterocycles. The fourth-order valence-corrected chi connectivity index (χ4v) is 15.5. The molecule has 2 nitrogen and oxygen atoms in total. The molecule has 4 aliphatic carbocycles. The third kappa shape index (κ3) is 6.25. The Bertz CT molecular complexity index is 4650. The predicted octanol–water partition coefficient (Wildman–Crippen LogP) is 21.3. The van der Waals surface area contributed by atoms with Crippen molar-refractivity contribution in [2.24, 2.45) is 0 Å². The second kappa shape index (κ2) is 16.3. The van der Waals surface area contributed by atoms with Crippen molar-refractivity contribution in [3.8, 4) is 44.5 Å². The minimum absolute atomic E-state index is 0.0627. The molecule has 0 N–H and O–H groups in total. The molecule has 0 fully saturated rings. The van der Waals surface area contributed by atoms with Crippen molar-refractivity contribution in [2.45, 2.75) is 77.0 Å². The van der Waals surface area contributed by atoms with Crippen LogP contribution in [0.1, 0.15) is 99.9 Å². The molecule has 0 aromatic heterocycles. The molecule has 0 spiro atoms. The Balaban J connectivity index is 0.918. The quantitative estimate of drug-likeness (QED) is 0.153. The van der Waals surface area contributed by atoms with E-state index in [1.54, 1.807) is 0 Å². The van der Waals surface area contributed by atoms with Crippen LogP contribution in [0.4, 0.5) is 34.1 Å².